The Labute approximate surface area is 96.6 Å². The number of nitrogens with zero attached hydrogens (tertiary/aromatic N) is 1. The van der Waals surface area contributed by atoms with Crippen LogP contribution in [-0.2, 0) is 0 Å². The predicted octanol–water partition coefficient (Wildman–Crippen LogP) is 4.12. The molecule has 1 aromatic carbocycles. The Morgan fingerprint density at radius 1 is 1.18 bits per heavy atom. The number of ether oxygens (including phenoxy) is 1. The van der Waals surface area contributed by atoms with Crippen molar-refractivity contribution < 1.29 is 17.9 Å². The molecule has 0 saturated carbocycles. The summed E-state index contributed by atoms with van der Waals surface area (Å²) >= 11 is 0. The largest absolute Gasteiger partial charge is 0.573 e. The van der Waals surface area contributed by atoms with E-state index in [4.69, 9.17) is 0 Å². The number of hydrogen-bond acceptors (Lipinski definition) is 1. The van der Waals surface area contributed by atoms with Crippen molar-refractivity contribution in [2.24, 2.45) is 0 Å². The monoisotopic (exact) mass is 243 g/mol. The molecule has 2 aromatic rings. The van der Waals surface area contributed by atoms with E-state index in [1.165, 1.54) is 12.1 Å². The van der Waals surface area contributed by atoms with Crippen molar-refractivity contribution in [3.05, 3.63) is 30.5 Å². The highest BCUT2D eigenvalue weighted by Crippen LogP contribution is 2.28. The van der Waals surface area contributed by atoms with E-state index < -0.39 is 6.36 Å². The minimum absolute atomic E-state index is 0.189. The van der Waals surface area contributed by atoms with E-state index in [0.717, 1.165) is 10.9 Å². The third-order valence-electron chi connectivity index (χ3n) is 2.48. The van der Waals surface area contributed by atoms with Gasteiger partial charge in [-0.1, -0.05) is 0 Å². The van der Waals surface area contributed by atoms with Crippen LogP contribution in [-0.4, -0.2) is 10.9 Å². The van der Waals surface area contributed by atoms with Crippen LogP contribution in [0.15, 0.2) is 30.5 Å². The number of alkyl halides is 3. The molecule has 92 valence electrons. The molecule has 0 radical (unpaired) electrons. The van der Waals surface area contributed by atoms with Gasteiger partial charge in [-0.15, -0.1) is 13.2 Å². The molecule has 0 bridgehead atoms. The van der Waals surface area contributed by atoms with E-state index >= 15 is 0 Å². The van der Waals surface area contributed by atoms with Crippen molar-refractivity contribution in [3.8, 4) is 5.75 Å². The lowest BCUT2D eigenvalue weighted by molar-refractivity contribution is -0.274. The van der Waals surface area contributed by atoms with Gasteiger partial charge in [-0.05, 0) is 37.4 Å². The van der Waals surface area contributed by atoms with Crippen LogP contribution in [0.1, 0.15) is 19.9 Å². The van der Waals surface area contributed by atoms with Crippen molar-refractivity contribution in [2.45, 2.75) is 26.3 Å². The number of aromatic nitrogens is 1. The van der Waals surface area contributed by atoms with Gasteiger partial charge in [0.2, 0.25) is 0 Å². The van der Waals surface area contributed by atoms with Crippen LogP contribution in [0.25, 0.3) is 10.9 Å². The quantitative estimate of drug-likeness (QED) is 0.773. The van der Waals surface area contributed by atoms with Crippen LogP contribution in [0.5, 0.6) is 5.75 Å². The highest BCUT2D eigenvalue weighted by molar-refractivity contribution is 5.81. The maximum Gasteiger partial charge on any atom is 0.573 e. The summed E-state index contributed by atoms with van der Waals surface area (Å²) in [5.41, 5.74) is 0.738. The molecule has 0 spiro atoms. The first-order valence-corrected chi connectivity index (χ1v) is 5.23. The first-order chi connectivity index (χ1) is 7.87. The minimum atomic E-state index is -4.65. The van der Waals surface area contributed by atoms with Crippen molar-refractivity contribution in [3.63, 3.8) is 0 Å². The van der Waals surface area contributed by atoms with Crippen LogP contribution >= 0.6 is 0 Å². The summed E-state index contributed by atoms with van der Waals surface area (Å²) in [6.45, 7) is 3.94. The lowest BCUT2D eigenvalue weighted by Gasteiger charge is -2.12. The fraction of sp³-hybridized carbons (Fsp3) is 0.333. The number of fused-ring (bicyclic) bond motifs is 1. The van der Waals surface area contributed by atoms with Crippen LogP contribution in [0.2, 0.25) is 0 Å². The van der Waals surface area contributed by atoms with E-state index in [-0.39, 0.29) is 11.8 Å². The molecule has 0 N–H and O–H groups in total. The SMILES string of the molecule is CC(C)n1ccc2ccc(OC(F)(F)F)cc21. The van der Waals surface area contributed by atoms with Gasteiger partial charge in [0.15, 0.2) is 0 Å². The molecule has 5 heteroatoms. The summed E-state index contributed by atoms with van der Waals surface area (Å²) in [5, 5.41) is 0.897. The molecule has 0 aliphatic heterocycles. The average Bonchev–Trinajstić information content (AvgIpc) is 2.57. The molecule has 1 heterocycles. The number of hydrogen-bond donors (Lipinski definition) is 0. The number of benzene rings is 1. The molecule has 2 rings (SSSR count). The van der Waals surface area contributed by atoms with Crippen LogP contribution in [0.3, 0.4) is 0 Å². The molecule has 0 atom stereocenters. The first-order valence-electron chi connectivity index (χ1n) is 5.23. The second-order valence-corrected chi connectivity index (χ2v) is 4.09. The van der Waals surface area contributed by atoms with Gasteiger partial charge in [0, 0.05) is 18.3 Å². The van der Waals surface area contributed by atoms with Gasteiger partial charge >= 0.3 is 6.36 Å². The maximum atomic E-state index is 12.1. The van der Waals surface area contributed by atoms with Crippen molar-refractivity contribution in [1.82, 2.24) is 4.57 Å². The predicted molar refractivity (Wildman–Crippen MR) is 59.0 cm³/mol. The topological polar surface area (TPSA) is 14.2 Å². The number of rotatable bonds is 2. The highest BCUT2D eigenvalue weighted by Gasteiger charge is 2.31. The second-order valence-electron chi connectivity index (χ2n) is 4.09. The third kappa shape index (κ3) is 2.54. The highest BCUT2D eigenvalue weighted by atomic mass is 19.4. The molecule has 17 heavy (non-hydrogen) atoms. The summed E-state index contributed by atoms with van der Waals surface area (Å²) in [5.74, 6) is -0.189. The lowest BCUT2D eigenvalue weighted by Crippen LogP contribution is -2.17. The van der Waals surface area contributed by atoms with Gasteiger partial charge in [-0.25, -0.2) is 0 Å². The van der Waals surface area contributed by atoms with Gasteiger partial charge < -0.3 is 9.30 Å². The molecule has 0 aliphatic carbocycles. The molecule has 0 fully saturated rings. The molecular weight excluding hydrogens is 231 g/mol. The van der Waals surface area contributed by atoms with E-state index in [0.29, 0.717) is 0 Å². The Morgan fingerprint density at radius 3 is 2.47 bits per heavy atom. The van der Waals surface area contributed by atoms with Gasteiger partial charge in [0.05, 0.1) is 5.52 Å². The first kappa shape index (κ1) is 11.8. The fourth-order valence-corrected chi connectivity index (χ4v) is 1.78. The van der Waals surface area contributed by atoms with E-state index in [1.54, 1.807) is 6.07 Å². The van der Waals surface area contributed by atoms with Gasteiger partial charge in [0.25, 0.3) is 0 Å². The van der Waals surface area contributed by atoms with E-state index in [2.05, 4.69) is 4.74 Å². The standard InChI is InChI=1S/C12H12F3NO/c1-8(2)16-6-5-9-3-4-10(7-11(9)16)17-12(13,14)15/h3-8H,1-2H3. The molecule has 0 saturated heterocycles. The zero-order valence-corrected chi connectivity index (χ0v) is 9.45. The van der Waals surface area contributed by atoms with Crippen molar-refractivity contribution >= 4 is 10.9 Å². The van der Waals surface area contributed by atoms with E-state index in [9.17, 15) is 13.2 Å². The number of halogens is 3. The Kier molecular flexibility index (Phi) is 2.77. The maximum absolute atomic E-state index is 12.1. The molecule has 0 aliphatic rings. The summed E-state index contributed by atoms with van der Waals surface area (Å²) in [6, 6.07) is 6.40. The Morgan fingerprint density at radius 2 is 1.88 bits per heavy atom. The fourth-order valence-electron chi connectivity index (χ4n) is 1.78. The van der Waals surface area contributed by atoms with Crippen molar-refractivity contribution in [1.29, 1.82) is 0 Å². The zero-order chi connectivity index (χ0) is 12.6. The van der Waals surface area contributed by atoms with Crippen molar-refractivity contribution in [2.75, 3.05) is 0 Å². The Bertz CT molecular complexity index is 528. The molecule has 1 aromatic heterocycles. The van der Waals surface area contributed by atoms with Crippen LogP contribution < -0.4 is 4.74 Å². The summed E-state index contributed by atoms with van der Waals surface area (Å²) in [7, 11) is 0. The van der Waals surface area contributed by atoms with Crippen LogP contribution in [0, 0.1) is 0 Å². The smallest absolute Gasteiger partial charge is 0.406 e. The van der Waals surface area contributed by atoms with Crippen LogP contribution in [0.4, 0.5) is 13.2 Å². The minimum Gasteiger partial charge on any atom is -0.406 e. The average molecular weight is 243 g/mol. The molecule has 0 amide bonds. The zero-order valence-electron chi connectivity index (χ0n) is 9.45. The van der Waals surface area contributed by atoms with E-state index in [1.807, 2.05) is 30.7 Å². The molecule has 2 nitrogen and oxygen atoms in total. The van der Waals surface area contributed by atoms with Gasteiger partial charge in [-0.3, -0.25) is 0 Å². The molecule has 0 unspecified atom stereocenters. The van der Waals surface area contributed by atoms with Gasteiger partial charge in [-0.2, -0.15) is 0 Å². The van der Waals surface area contributed by atoms with Gasteiger partial charge in [0.1, 0.15) is 5.75 Å². The third-order valence-corrected chi connectivity index (χ3v) is 2.48. The molecular formula is C12H12F3NO. The Balaban J connectivity index is 2.44. The summed E-state index contributed by atoms with van der Waals surface area (Å²) in [4.78, 5) is 0. The summed E-state index contributed by atoms with van der Waals surface area (Å²) in [6.07, 6.45) is -2.80. The second kappa shape index (κ2) is 3.98. The lowest BCUT2D eigenvalue weighted by atomic mass is 10.2. The normalized spacial score (nSPS) is 12.4. The summed E-state index contributed by atoms with van der Waals surface area (Å²) < 4.78 is 42.1. The Hall–Kier alpha value is -1.65.